The normalized spacial score (nSPS) is 16.7. The third-order valence-corrected chi connectivity index (χ3v) is 6.72. The Morgan fingerprint density at radius 3 is 2.82 bits per heavy atom. The summed E-state index contributed by atoms with van der Waals surface area (Å²) in [5.74, 6) is 1.37. The molecule has 7 heteroatoms. The molecule has 33 heavy (non-hydrogen) atoms. The average molecular weight is 439 g/mol. The van der Waals surface area contributed by atoms with E-state index in [2.05, 4.69) is 61.6 Å². The molecule has 0 spiro atoms. The number of rotatable bonds is 4. The van der Waals surface area contributed by atoms with Crippen molar-refractivity contribution in [3.8, 4) is 11.9 Å². The van der Waals surface area contributed by atoms with Crippen molar-refractivity contribution in [1.82, 2.24) is 19.1 Å². The molecule has 166 valence electrons. The van der Waals surface area contributed by atoms with Gasteiger partial charge < -0.3 is 14.0 Å². The lowest BCUT2D eigenvalue weighted by Gasteiger charge is -2.26. The first kappa shape index (κ1) is 21.0. The van der Waals surface area contributed by atoms with Crippen LogP contribution in [0.15, 0.2) is 47.9 Å². The van der Waals surface area contributed by atoms with Gasteiger partial charge in [-0.1, -0.05) is 23.4 Å². The summed E-state index contributed by atoms with van der Waals surface area (Å²) in [6.45, 7) is 6.62. The predicted molar refractivity (Wildman–Crippen MR) is 127 cm³/mol. The molecule has 1 atom stereocenters. The Labute approximate surface area is 193 Å². The SMILES string of the molecule is Cc1cc(C#N)c(O/N=C2/c3c(n(C)c4ccccc34)CCC2Cn2ccnc2C)nc1C. The molecule has 0 amide bonds. The van der Waals surface area contributed by atoms with Crippen molar-refractivity contribution in [1.29, 1.82) is 5.26 Å². The molecule has 7 nitrogen and oxygen atoms in total. The predicted octanol–water partition coefficient (Wildman–Crippen LogP) is 4.61. The average Bonchev–Trinajstić information content (AvgIpc) is 3.35. The van der Waals surface area contributed by atoms with Crippen LogP contribution in [0.1, 0.15) is 40.3 Å². The van der Waals surface area contributed by atoms with E-state index in [1.54, 1.807) is 6.07 Å². The van der Waals surface area contributed by atoms with Crippen LogP contribution in [0.25, 0.3) is 10.9 Å². The summed E-state index contributed by atoms with van der Waals surface area (Å²) in [5, 5.41) is 15.4. The number of para-hydroxylation sites is 1. The van der Waals surface area contributed by atoms with Crippen molar-refractivity contribution in [2.45, 2.75) is 40.2 Å². The zero-order chi connectivity index (χ0) is 23.1. The van der Waals surface area contributed by atoms with Crippen molar-refractivity contribution in [2.24, 2.45) is 18.1 Å². The second-order valence-electron chi connectivity index (χ2n) is 8.68. The third-order valence-electron chi connectivity index (χ3n) is 6.72. The largest absolute Gasteiger partial charge is 0.347 e. The Morgan fingerprint density at radius 1 is 1.24 bits per heavy atom. The quantitative estimate of drug-likeness (QED) is 0.436. The molecule has 5 rings (SSSR count). The van der Waals surface area contributed by atoms with E-state index < -0.39 is 0 Å². The monoisotopic (exact) mass is 438 g/mol. The summed E-state index contributed by atoms with van der Waals surface area (Å²) >= 11 is 0. The fourth-order valence-corrected chi connectivity index (χ4v) is 4.73. The van der Waals surface area contributed by atoms with Gasteiger partial charge in [0.2, 0.25) is 0 Å². The number of benzene rings is 1. The highest BCUT2D eigenvalue weighted by Gasteiger charge is 2.31. The molecule has 0 N–H and O–H groups in total. The molecule has 3 aromatic heterocycles. The Morgan fingerprint density at radius 2 is 2.06 bits per heavy atom. The Bertz CT molecular complexity index is 1440. The number of nitriles is 1. The molecule has 1 aliphatic rings. The van der Waals surface area contributed by atoms with Gasteiger partial charge in [0.1, 0.15) is 17.5 Å². The second kappa shape index (κ2) is 8.21. The van der Waals surface area contributed by atoms with E-state index in [0.717, 1.165) is 53.1 Å². The molecular formula is C26H26N6O. The minimum Gasteiger partial charge on any atom is -0.347 e. The maximum absolute atomic E-state index is 9.59. The van der Waals surface area contributed by atoms with Crippen LogP contribution < -0.4 is 4.84 Å². The van der Waals surface area contributed by atoms with Crippen molar-refractivity contribution >= 4 is 16.6 Å². The third kappa shape index (κ3) is 3.58. The molecule has 0 fully saturated rings. The number of aryl methyl sites for hydroxylation is 4. The van der Waals surface area contributed by atoms with E-state index in [-0.39, 0.29) is 11.8 Å². The first-order valence-corrected chi connectivity index (χ1v) is 11.2. The molecule has 1 aromatic carbocycles. The number of pyridine rings is 1. The zero-order valence-corrected chi connectivity index (χ0v) is 19.3. The molecule has 0 saturated heterocycles. The molecule has 0 radical (unpaired) electrons. The molecule has 0 aliphatic heterocycles. The van der Waals surface area contributed by atoms with Gasteiger partial charge in [0.15, 0.2) is 0 Å². The van der Waals surface area contributed by atoms with Crippen LogP contribution in [0.5, 0.6) is 5.88 Å². The number of nitrogens with zero attached hydrogens (tertiary/aromatic N) is 6. The van der Waals surface area contributed by atoms with Crippen molar-refractivity contribution in [2.75, 3.05) is 0 Å². The number of oxime groups is 1. The standard InChI is InChI=1S/C26H26N6O/c1-16-13-20(14-27)26(29-17(16)2)33-30-25-19(15-32-12-11-28-18(32)3)9-10-23-24(25)21-7-5-6-8-22(21)31(23)4/h5-8,11-13,19H,9-10,15H2,1-4H3/b30-25+. The number of imidazole rings is 1. The lowest BCUT2D eigenvalue weighted by atomic mass is 9.84. The maximum atomic E-state index is 9.59. The summed E-state index contributed by atoms with van der Waals surface area (Å²) in [5.41, 5.74) is 6.62. The first-order chi connectivity index (χ1) is 16.0. The highest BCUT2D eigenvalue weighted by atomic mass is 16.6. The van der Waals surface area contributed by atoms with E-state index in [4.69, 9.17) is 4.84 Å². The van der Waals surface area contributed by atoms with Gasteiger partial charge in [-0.2, -0.15) is 5.26 Å². The van der Waals surface area contributed by atoms with Gasteiger partial charge >= 0.3 is 0 Å². The molecule has 0 bridgehead atoms. The van der Waals surface area contributed by atoms with Crippen LogP contribution in [0.4, 0.5) is 0 Å². The van der Waals surface area contributed by atoms with Gasteiger partial charge in [-0.05, 0) is 51.3 Å². The van der Waals surface area contributed by atoms with Crippen LogP contribution in [0, 0.1) is 38.0 Å². The van der Waals surface area contributed by atoms with Gasteiger partial charge in [-0.25, -0.2) is 9.97 Å². The topological polar surface area (TPSA) is 81.0 Å². The molecule has 1 aliphatic carbocycles. The molecular weight excluding hydrogens is 412 g/mol. The van der Waals surface area contributed by atoms with Crippen LogP contribution in [0.2, 0.25) is 0 Å². The zero-order valence-electron chi connectivity index (χ0n) is 19.3. The lowest BCUT2D eigenvalue weighted by molar-refractivity contribution is 0.318. The van der Waals surface area contributed by atoms with E-state index >= 15 is 0 Å². The van der Waals surface area contributed by atoms with E-state index in [9.17, 15) is 5.26 Å². The molecule has 4 aromatic rings. The van der Waals surface area contributed by atoms with Crippen LogP contribution in [-0.2, 0) is 20.0 Å². The van der Waals surface area contributed by atoms with Gasteiger partial charge in [-0.3, -0.25) is 0 Å². The fourth-order valence-electron chi connectivity index (χ4n) is 4.73. The Hall–Kier alpha value is -3.92. The highest BCUT2D eigenvalue weighted by molar-refractivity contribution is 6.13. The minimum absolute atomic E-state index is 0.147. The summed E-state index contributed by atoms with van der Waals surface area (Å²) in [4.78, 5) is 14.8. The molecule has 1 unspecified atom stereocenters. The smallest absolute Gasteiger partial charge is 0.266 e. The summed E-state index contributed by atoms with van der Waals surface area (Å²) in [6, 6.07) is 12.4. The molecule has 3 heterocycles. The number of hydrogen-bond acceptors (Lipinski definition) is 5. The van der Waals surface area contributed by atoms with Crippen molar-refractivity contribution in [3.63, 3.8) is 0 Å². The summed E-state index contributed by atoms with van der Waals surface area (Å²) in [7, 11) is 2.11. The van der Waals surface area contributed by atoms with Crippen LogP contribution >= 0.6 is 0 Å². The van der Waals surface area contributed by atoms with E-state index in [1.807, 2.05) is 33.2 Å². The van der Waals surface area contributed by atoms with Crippen molar-refractivity contribution < 1.29 is 4.84 Å². The lowest BCUT2D eigenvalue weighted by Crippen LogP contribution is -2.28. The van der Waals surface area contributed by atoms with Crippen LogP contribution in [0.3, 0.4) is 0 Å². The summed E-state index contributed by atoms with van der Waals surface area (Å²) in [6.07, 6.45) is 5.74. The number of fused-ring (bicyclic) bond motifs is 3. The highest BCUT2D eigenvalue weighted by Crippen LogP contribution is 2.35. The Kier molecular flexibility index (Phi) is 5.21. The fraction of sp³-hybridized carbons (Fsp3) is 0.308. The maximum Gasteiger partial charge on any atom is 0.266 e. The van der Waals surface area contributed by atoms with Crippen LogP contribution in [-0.4, -0.2) is 24.8 Å². The number of aromatic nitrogens is 4. The van der Waals surface area contributed by atoms with E-state index in [0.29, 0.717) is 5.56 Å². The van der Waals surface area contributed by atoms with Gasteiger partial charge in [0.25, 0.3) is 5.88 Å². The second-order valence-corrected chi connectivity index (χ2v) is 8.68. The van der Waals surface area contributed by atoms with Gasteiger partial charge in [0.05, 0.1) is 5.71 Å². The Balaban J connectivity index is 1.64. The molecule has 0 saturated carbocycles. The van der Waals surface area contributed by atoms with E-state index in [1.165, 1.54) is 11.2 Å². The number of hydrogen-bond donors (Lipinski definition) is 0. The minimum atomic E-state index is 0.147. The first-order valence-electron chi connectivity index (χ1n) is 11.2. The van der Waals surface area contributed by atoms with Crippen molar-refractivity contribution in [3.05, 3.63) is 76.6 Å². The van der Waals surface area contributed by atoms with Gasteiger partial charge in [0, 0.05) is 59.8 Å². The summed E-state index contributed by atoms with van der Waals surface area (Å²) < 4.78 is 4.42. The van der Waals surface area contributed by atoms with Gasteiger partial charge in [-0.15, -0.1) is 0 Å².